The van der Waals surface area contributed by atoms with E-state index in [1.807, 2.05) is 18.2 Å². The minimum absolute atomic E-state index is 0.701. The maximum absolute atomic E-state index is 9.10. The first-order chi connectivity index (χ1) is 11.3. The fourth-order valence-electron chi connectivity index (χ4n) is 2.50. The van der Waals surface area contributed by atoms with Gasteiger partial charge in [-0.15, -0.1) is 0 Å². The van der Waals surface area contributed by atoms with Crippen molar-refractivity contribution in [1.29, 1.82) is 0 Å². The second-order valence-electron chi connectivity index (χ2n) is 5.94. The molecule has 0 aromatic heterocycles. The van der Waals surface area contributed by atoms with Crippen molar-refractivity contribution in [1.82, 2.24) is 4.90 Å². The molecule has 1 heterocycles. The summed E-state index contributed by atoms with van der Waals surface area (Å²) in [4.78, 5) is 20.7. The maximum Gasteiger partial charge on any atom is 0.414 e. The van der Waals surface area contributed by atoms with Crippen LogP contribution in [-0.2, 0) is 9.59 Å². The lowest BCUT2D eigenvalue weighted by Crippen LogP contribution is -2.37. The van der Waals surface area contributed by atoms with Crippen molar-refractivity contribution < 1.29 is 24.5 Å². The molecule has 7 heteroatoms. The largest absolute Gasteiger partial charge is 0.491 e. The zero-order valence-electron chi connectivity index (χ0n) is 14.0. The molecule has 0 aliphatic carbocycles. The Morgan fingerprint density at radius 2 is 2.00 bits per heavy atom. The minimum Gasteiger partial charge on any atom is -0.491 e. The highest BCUT2D eigenvalue weighted by molar-refractivity contribution is 6.32. The van der Waals surface area contributed by atoms with Gasteiger partial charge in [0.2, 0.25) is 0 Å². The molecule has 2 rings (SSSR count). The fourth-order valence-corrected chi connectivity index (χ4v) is 2.67. The number of ether oxygens (including phenoxy) is 1. The van der Waals surface area contributed by atoms with Gasteiger partial charge < -0.3 is 14.9 Å². The van der Waals surface area contributed by atoms with Crippen LogP contribution in [0, 0.1) is 12.8 Å². The van der Waals surface area contributed by atoms with Crippen molar-refractivity contribution in [3.63, 3.8) is 0 Å². The van der Waals surface area contributed by atoms with Crippen LogP contribution in [0.2, 0.25) is 5.02 Å². The van der Waals surface area contributed by atoms with Crippen molar-refractivity contribution in [3.05, 3.63) is 28.8 Å². The summed E-state index contributed by atoms with van der Waals surface area (Å²) in [7, 11) is 0. The number of aliphatic carboxylic acids is 2. The number of halogens is 1. The van der Waals surface area contributed by atoms with E-state index in [9.17, 15) is 0 Å². The van der Waals surface area contributed by atoms with Crippen LogP contribution >= 0.6 is 11.6 Å². The summed E-state index contributed by atoms with van der Waals surface area (Å²) in [5, 5.41) is 15.5. The van der Waals surface area contributed by atoms with Crippen molar-refractivity contribution in [2.24, 2.45) is 5.92 Å². The standard InChI is InChI=1S/C15H22ClNO.C2H2O4/c1-12-5-6-14(16)15(10-12)18-9-8-17-7-3-4-13(2)11-17;3-1(4)2(5)6/h5-6,10,13H,3-4,7-9,11H2,1-2H3;(H,3,4)(H,5,6). The monoisotopic (exact) mass is 357 g/mol. The van der Waals surface area contributed by atoms with E-state index in [0.29, 0.717) is 5.02 Å². The first kappa shape index (κ1) is 20.3. The molecule has 1 fully saturated rings. The molecule has 1 aromatic carbocycles. The van der Waals surface area contributed by atoms with E-state index in [1.54, 1.807) is 0 Å². The predicted molar refractivity (Wildman–Crippen MR) is 91.8 cm³/mol. The van der Waals surface area contributed by atoms with E-state index in [4.69, 9.17) is 36.1 Å². The van der Waals surface area contributed by atoms with E-state index >= 15 is 0 Å². The van der Waals surface area contributed by atoms with E-state index < -0.39 is 11.9 Å². The van der Waals surface area contributed by atoms with E-state index in [2.05, 4.69) is 18.7 Å². The topological polar surface area (TPSA) is 87.1 Å². The van der Waals surface area contributed by atoms with Crippen molar-refractivity contribution >= 4 is 23.5 Å². The van der Waals surface area contributed by atoms with E-state index in [-0.39, 0.29) is 0 Å². The summed E-state index contributed by atoms with van der Waals surface area (Å²) in [5.74, 6) is -2.02. The molecular formula is C17H24ClNO5. The molecule has 134 valence electrons. The van der Waals surface area contributed by atoms with Crippen LogP contribution in [-0.4, -0.2) is 53.3 Å². The van der Waals surface area contributed by atoms with Gasteiger partial charge in [-0.25, -0.2) is 9.59 Å². The van der Waals surface area contributed by atoms with Gasteiger partial charge in [-0.3, -0.25) is 4.90 Å². The minimum atomic E-state index is -1.82. The van der Waals surface area contributed by atoms with Gasteiger partial charge in [0, 0.05) is 13.1 Å². The third-order valence-corrected chi connectivity index (χ3v) is 3.99. The number of carbonyl (C=O) groups is 2. The second-order valence-corrected chi connectivity index (χ2v) is 6.35. The van der Waals surface area contributed by atoms with Crippen LogP contribution in [0.15, 0.2) is 18.2 Å². The molecule has 1 aromatic rings. The van der Waals surface area contributed by atoms with Crippen LogP contribution in [0.1, 0.15) is 25.3 Å². The van der Waals surface area contributed by atoms with Gasteiger partial charge >= 0.3 is 11.9 Å². The Hall–Kier alpha value is -1.79. The molecular weight excluding hydrogens is 334 g/mol. The Bertz CT molecular complexity index is 552. The number of benzene rings is 1. The molecule has 0 bridgehead atoms. The Morgan fingerprint density at radius 1 is 1.33 bits per heavy atom. The molecule has 0 radical (unpaired) electrons. The molecule has 0 amide bonds. The number of hydrogen-bond acceptors (Lipinski definition) is 4. The normalized spacial score (nSPS) is 17.5. The second kappa shape index (κ2) is 10.2. The number of aryl methyl sites for hydroxylation is 1. The third kappa shape index (κ3) is 7.66. The van der Waals surface area contributed by atoms with Crippen LogP contribution in [0.25, 0.3) is 0 Å². The van der Waals surface area contributed by atoms with Gasteiger partial charge in [-0.05, 0) is 49.9 Å². The highest BCUT2D eigenvalue weighted by Gasteiger charge is 2.15. The Morgan fingerprint density at radius 3 is 2.58 bits per heavy atom. The summed E-state index contributed by atoms with van der Waals surface area (Å²) >= 11 is 6.10. The first-order valence-electron chi connectivity index (χ1n) is 7.87. The van der Waals surface area contributed by atoms with Crippen LogP contribution in [0.5, 0.6) is 5.75 Å². The molecule has 1 aliphatic rings. The number of rotatable bonds is 4. The van der Waals surface area contributed by atoms with Gasteiger partial charge in [-0.2, -0.15) is 0 Å². The summed E-state index contributed by atoms with van der Waals surface area (Å²) in [6, 6.07) is 5.90. The Kier molecular flexibility index (Phi) is 8.57. The SMILES string of the molecule is Cc1ccc(Cl)c(OCCN2CCCC(C)C2)c1.O=C(O)C(=O)O. The lowest BCUT2D eigenvalue weighted by molar-refractivity contribution is -0.159. The van der Waals surface area contributed by atoms with Gasteiger partial charge in [0.25, 0.3) is 0 Å². The van der Waals surface area contributed by atoms with Crippen molar-refractivity contribution in [2.45, 2.75) is 26.7 Å². The van der Waals surface area contributed by atoms with Crippen LogP contribution in [0.4, 0.5) is 0 Å². The highest BCUT2D eigenvalue weighted by Crippen LogP contribution is 2.25. The summed E-state index contributed by atoms with van der Waals surface area (Å²) in [5.41, 5.74) is 1.18. The van der Waals surface area contributed by atoms with Gasteiger partial charge in [0.1, 0.15) is 12.4 Å². The molecule has 6 nitrogen and oxygen atoms in total. The zero-order chi connectivity index (χ0) is 18.1. The number of piperidine rings is 1. The predicted octanol–water partition coefficient (Wildman–Crippen LogP) is 2.91. The van der Waals surface area contributed by atoms with Gasteiger partial charge in [0.15, 0.2) is 0 Å². The fraction of sp³-hybridized carbons (Fsp3) is 0.529. The van der Waals surface area contributed by atoms with E-state index in [0.717, 1.165) is 24.8 Å². The molecule has 1 saturated heterocycles. The van der Waals surface area contributed by atoms with Crippen LogP contribution in [0.3, 0.4) is 0 Å². The average Bonchev–Trinajstić information content (AvgIpc) is 2.51. The molecule has 0 saturated carbocycles. The Balaban J connectivity index is 0.000000413. The van der Waals surface area contributed by atoms with Gasteiger partial charge in [-0.1, -0.05) is 24.6 Å². The molecule has 24 heavy (non-hydrogen) atoms. The lowest BCUT2D eigenvalue weighted by Gasteiger charge is -2.30. The number of carboxylic acid groups (broad SMARTS) is 2. The van der Waals surface area contributed by atoms with Crippen molar-refractivity contribution in [3.8, 4) is 5.75 Å². The zero-order valence-corrected chi connectivity index (χ0v) is 14.8. The maximum atomic E-state index is 9.10. The smallest absolute Gasteiger partial charge is 0.414 e. The van der Waals surface area contributed by atoms with Gasteiger partial charge in [0.05, 0.1) is 5.02 Å². The third-order valence-electron chi connectivity index (χ3n) is 3.68. The summed E-state index contributed by atoms with van der Waals surface area (Å²) < 4.78 is 5.78. The van der Waals surface area contributed by atoms with E-state index in [1.165, 1.54) is 31.5 Å². The molecule has 1 unspecified atom stereocenters. The molecule has 1 aliphatic heterocycles. The Labute approximate surface area is 147 Å². The molecule has 2 N–H and O–H groups in total. The number of likely N-dealkylation sites (tertiary alicyclic amines) is 1. The summed E-state index contributed by atoms with van der Waals surface area (Å²) in [6.07, 6.45) is 2.67. The lowest BCUT2D eigenvalue weighted by atomic mass is 10.0. The average molecular weight is 358 g/mol. The molecule has 0 spiro atoms. The highest BCUT2D eigenvalue weighted by atomic mass is 35.5. The summed E-state index contributed by atoms with van der Waals surface area (Å²) in [6.45, 7) is 8.49. The number of nitrogens with zero attached hydrogens (tertiary/aromatic N) is 1. The molecule has 1 atom stereocenters. The van der Waals surface area contributed by atoms with Crippen LogP contribution < -0.4 is 4.74 Å². The first-order valence-corrected chi connectivity index (χ1v) is 8.25. The number of carboxylic acids is 2. The number of hydrogen-bond donors (Lipinski definition) is 2. The van der Waals surface area contributed by atoms with Crippen molar-refractivity contribution in [2.75, 3.05) is 26.2 Å². The quantitative estimate of drug-likeness (QED) is 0.806.